The highest BCUT2D eigenvalue weighted by Crippen LogP contribution is 2.26. The molecule has 0 bridgehead atoms. The van der Waals surface area contributed by atoms with Gasteiger partial charge in [-0.3, -0.25) is 0 Å². The van der Waals surface area contributed by atoms with E-state index in [0.29, 0.717) is 51.6 Å². The number of nitrogens with one attached hydrogen (secondary N) is 2. The van der Waals surface area contributed by atoms with E-state index in [0.717, 1.165) is 5.56 Å². The molecule has 0 saturated carbocycles. The predicted molar refractivity (Wildman–Crippen MR) is 125 cm³/mol. The van der Waals surface area contributed by atoms with Gasteiger partial charge < -0.3 is 30.6 Å². The van der Waals surface area contributed by atoms with Gasteiger partial charge in [0.2, 0.25) is 11.9 Å². The molecule has 13 heteroatoms. The monoisotopic (exact) mass is 510 g/mol. The number of benzene rings is 2. The molecule has 0 amide bonds. The van der Waals surface area contributed by atoms with Crippen molar-refractivity contribution in [2.45, 2.75) is 12.9 Å². The van der Waals surface area contributed by atoms with Crippen molar-refractivity contribution in [1.29, 1.82) is 0 Å². The molecule has 1 aromatic heterocycles. The molecule has 0 aliphatic heterocycles. The van der Waals surface area contributed by atoms with E-state index in [4.69, 9.17) is 15.2 Å². The minimum atomic E-state index is -4.79. The summed E-state index contributed by atoms with van der Waals surface area (Å²) in [5, 5.41) is 6.08. The van der Waals surface area contributed by atoms with Crippen molar-refractivity contribution >= 4 is 11.9 Å². The van der Waals surface area contributed by atoms with Gasteiger partial charge in [0.1, 0.15) is 11.6 Å². The van der Waals surface area contributed by atoms with E-state index in [1.807, 2.05) is 0 Å². The maximum Gasteiger partial charge on any atom is 0.573 e. The summed E-state index contributed by atoms with van der Waals surface area (Å²) in [7, 11) is 0. The molecule has 4 N–H and O–H groups in total. The molecule has 3 rings (SSSR count). The molecule has 0 atom stereocenters. The number of hydrogen-bond donors (Lipinski definition) is 3. The Morgan fingerprint density at radius 1 is 0.778 bits per heavy atom. The van der Waals surface area contributed by atoms with Crippen LogP contribution in [0.2, 0.25) is 0 Å². The summed E-state index contributed by atoms with van der Waals surface area (Å²) >= 11 is 0. The maximum absolute atomic E-state index is 13.2. The van der Waals surface area contributed by atoms with Gasteiger partial charge in [-0.05, 0) is 42.0 Å². The second-order valence-electron chi connectivity index (χ2n) is 7.30. The summed E-state index contributed by atoms with van der Waals surface area (Å²) in [6.07, 6.45) is -4.79. The fraction of sp³-hybridized carbons (Fsp3) is 0.348. The summed E-state index contributed by atoms with van der Waals surface area (Å²) in [6, 6.07) is 11.1. The van der Waals surface area contributed by atoms with Gasteiger partial charge in [0, 0.05) is 25.2 Å². The van der Waals surface area contributed by atoms with Crippen LogP contribution in [0.3, 0.4) is 0 Å². The van der Waals surface area contributed by atoms with E-state index in [1.54, 1.807) is 12.1 Å². The van der Waals surface area contributed by atoms with Crippen LogP contribution < -0.4 is 21.1 Å². The molecule has 0 aliphatic carbocycles. The molecule has 0 aliphatic rings. The zero-order chi connectivity index (χ0) is 25.8. The summed E-state index contributed by atoms with van der Waals surface area (Å²) in [5.74, 6) is -0.0257. The lowest BCUT2D eigenvalue weighted by Gasteiger charge is -2.12. The van der Waals surface area contributed by atoms with Gasteiger partial charge in [0.05, 0.1) is 26.4 Å². The third-order valence-corrected chi connectivity index (χ3v) is 4.51. The number of ether oxygens (including phenoxy) is 3. The van der Waals surface area contributed by atoms with Crippen molar-refractivity contribution in [3.05, 3.63) is 59.9 Å². The Morgan fingerprint density at radius 3 is 2.06 bits per heavy atom. The van der Waals surface area contributed by atoms with Crippen LogP contribution in [0.5, 0.6) is 5.75 Å². The molecule has 194 valence electrons. The van der Waals surface area contributed by atoms with E-state index >= 15 is 0 Å². The molecule has 0 radical (unpaired) electrons. The van der Waals surface area contributed by atoms with E-state index < -0.39 is 6.36 Å². The van der Waals surface area contributed by atoms with Gasteiger partial charge in [-0.25, -0.2) is 4.39 Å². The summed E-state index contributed by atoms with van der Waals surface area (Å²) in [6.45, 7) is 2.79. The van der Waals surface area contributed by atoms with Crippen molar-refractivity contribution in [2.24, 2.45) is 5.73 Å². The first-order valence-corrected chi connectivity index (χ1v) is 11.0. The highest BCUT2D eigenvalue weighted by molar-refractivity contribution is 5.59. The quantitative estimate of drug-likeness (QED) is 0.221. The van der Waals surface area contributed by atoms with E-state index in [-0.39, 0.29) is 29.3 Å². The Kier molecular flexibility index (Phi) is 10.2. The van der Waals surface area contributed by atoms with Gasteiger partial charge >= 0.3 is 6.36 Å². The molecule has 2 aromatic carbocycles. The average Bonchev–Trinajstić information content (AvgIpc) is 2.85. The molecule has 36 heavy (non-hydrogen) atoms. The molecule has 1 heterocycles. The van der Waals surface area contributed by atoms with Crippen molar-refractivity contribution in [2.75, 3.05) is 50.2 Å². The Balaban J connectivity index is 1.68. The summed E-state index contributed by atoms with van der Waals surface area (Å²) in [4.78, 5) is 13.0. The van der Waals surface area contributed by atoms with E-state index in [2.05, 4.69) is 30.3 Å². The summed E-state index contributed by atoms with van der Waals surface area (Å²) < 4.78 is 65.1. The van der Waals surface area contributed by atoms with Crippen molar-refractivity contribution < 1.29 is 31.8 Å². The normalized spacial score (nSPS) is 11.4. The van der Waals surface area contributed by atoms with Gasteiger partial charge in [0.25, 0.3) is 0 Å². The zero-order valence-corrected chi connectivity index (χ0v) is 19.2. The highest BCUT2D eigenvalue weighted by Gasteiger charge is 2.31. The second-order valence-corrected chi connectivity index (χ2v) is 7.30. The number of nitrogens with two attached hydrogens (primary N) is 1. The fourth-order valence-electron chi connectivity index (χ4n) is 2.89. The SMILES string of the molecule is NCCOCCOCCNc1nc(NCc2ccc(F)cc2)nc(-c2ccc(OC(F)(F)F)cc2)n1. The van der Waals surface area contributed by atoms with Gasteiger partial charge in [0.15, 0.2) is 5.82 Å². The van der Waals surface area contributed by atoms with Crippen LogP contribution in [0, 0.1) is 5.82 Å². The van der Waals surface area contributed by atoms with Crippen LogP contribution in [-0.2, 0) is 16.0 Å². The molecule has 0 fully saturated rings. The number of alkyl halides is 3. The lowest BCUT2D eigenvalue weighted by atomic mass is 10.2. The third-order valence-electron chi connectivity index (χ3n) is 4.51. The first-order valence-electron chi connectivity index (χ1n) is 11.0. The van der Waals surface area contributed by atoms with Crippen LogP contribution in [0.1, 0.15) is 5.56 Å². The van der Waals surface area contributed by atoms with Crippen LogP contribution in [0.25, 0.3) is 11.4 Å². The largest absolute Gasteiger partial charge is 0.573 e. The minimum absolute atomic E-state index is 0.221. The predicted octanol–water partition coefficient (Wildman–Crippen LogP) is 3.59. The van der Waals surface area contributed by atoms with Crippen molar-refractivity contribution in [3.8, 4) is 17.1 Å². The Hall–Kier alpha value is -3.55. The standard InChI is InChI=1S/C23H26F4N6O3/c24-18-5-1-16(2-6-18)15-30-22-32-20(17-3-7-19(8-4-17)36-23(25,26)27)31-21(33-22)29-10-12-35-14-13-34-11-9-28/h1-8H,9-15,28H2,(H2,29,30,31,32,33). The number of hydrogen-bond acceptors (Lipinski definition) is 9. The molecular formula is C23H26F4N6O3. The van der Waals surface area contributed by atoms with Crippen LogP contribution >= 0.6 is 0 Å². The molecule has 0 unspecified atom stereocenters. The van der Waals surface area contributed by atoms with Gasteiger partial charge in [-0.2, -0.15) is 15.0 Å². The molecule has 9 nitrogen and oxygen atoms in total. The van der Waals surface area contributed by atoms with Crippen LogP contribution in [-0.4, -0.2) is 60.8 Å². The number of nitrogens with zero attached hydrogens (tertiary/aromatic N) is 3. The zero-order valence-electron chi connectivity index (χ0n) is 19.2. The van der Waals surface area contributed by atoms with Gasteiger partial charge in [-0.15, -0.1) is 13.2 Å². The lowest BCUT2D eigenvalue weighted by molar-refractivity contribution is -0.274. The number of halogens is 4. The highest BCUT2D eigenvalue weighted by atomic mass is 19.4. The summed E-state index contributed by atoms with van der Waals surface area (Å²) in [5.41, 5.74) is 6.60. The lowest BCUT2D eigenvalue weighted by Crippen LogP contribution is -2.17. The Bertz CT molecular complexity index is 1070. The van der Waals surface area contributed by atoms with Crippen LogP contribution in [0.15, 0.2) is 48.5 Å². The number of rotatable bonds is 14. The van der Waals surface area contributed by atoms with Gasteiger partial charge in [-0.1, -0.05) is 12.1 Å². The minimum Gasteiger partial charge on any atom is -0.406 e. The van der Waals surface area contributed by atoms with Crippen molar-refractivity contribution in [3.63, 3.8) is 0 Å². The van der Waals surface area contributed by atoms with E-state index in [1.165, 1.54) is 36.4 Å². The maximum atomic E-state index is 13.2. The topological polar surface area (TPSA) is 116 Å². The molecule has 0 spiro atoms. The number of anilines is 2. The third kappa shape index (κ3) is 9.60. The van der Waals surface area contributed by atoms with Crippen molar-refractivity contribution in [1.82, 2.24) is 15.0 Å². The van der Waals surface area contributed by atoms with Crippen LogP contribution in [0.4, 0.5) is 29.5 Å². The number of aromatic nitrogens is 3. The Morgan fingerprint density at radius 2 is 1.42 bits per heavy atom. The first kappa shape index (κ1) is 27.0. The molecular weight excluding hydrogens is 484 g/mol. The fourth-order valence-corrected chi connectivity index (χ4v) is 2.89. The van der Waals surface area contributed by atoms with E-state index in [9.17, 15) is 17.6 Å². The first-order chi connectivity index (χ1) is 17.3. The second kappa shape index (κ2) is 13.5. The molecule has 0 saturated heterocycles. The Labute approximate surface area is 205 Å². The smallest absolute Gasteiger partial charge is 0.406 e. The molecule has 3 aromatic rings. The average molecular weight is 510 g/mol.